The first-order valence-electron chi connectivity index (χ1n) is 5.12. The second-order valence-corrected chi connectivity index (χ2v) is 4.81. The first-order chi connectivity index (χ1) is 8.16. The monoisotopic (exact) mass is 248 g/mol. The van der Waals surface area contributed by atoms with Crippen LogP contribution >= 0.6 is 11.3 Å². The van der Waals surface area contributed by atoms with E-state index in [1.807, 2.05) is 26.0 Å². The van der Waals surface area contributed by atoms with Crippen molar-refractivity contribution in [3.8, 4) is 0 Å². The van der Waals surface area contributed by atoms with Gasteiger partial charge in [0.05, 0.1) is 16.9 Å². The Morgan fingerprint density at radius 1 is 1.41 bits per heavy atom. The minimum absolute atomic E-state index is 0.254. The standard InChI is InChI=1S/C12H12N2O2S/c1-8-5-6-11(17-8)9(2)13-14-12(15)10-4-3-7-16-10/h3-7H,1-2H3,(H,14,15). The van der Waals surface area contributed by atoms with Gasteiger partial charge in [0.2, 0.25) is 0 Å². The summed E-state index contributed by atoms with van der Waals surface area (Å²) in [5.74, 6) is -0.0912. The smallest absolute Gasteiger partial charge is 0.307 e. The van der Waals surface area contributed by atoms with Crippen molar-refractivity contribution in [2.75, 3.05) is 0 Å². The quantitative estimate of drug-likeness (QED) is 0.670. The van der Waals surface area contributed by atoms with Gasteiger partial charge in [0.1, 0.15) is 0 Å². The number of aryl methyl sites for hydroxylation is 1. The van der Waals surface area contributed by atoms with Gasteiger partial charge in [0.15, 0.2) is 5.76 Å². The number of hydrogen-bond acceptors (Lipinski definition) is 4. The molecule has 0 aliphatic carbocycles. The van der Waals surface area contributed by atoms with Crippen LogP contribution in [0.25, 0.3) is 0 Å². The molecule has 0 radical (unpaired) electrons. The van der Waals surface area contributed by atoms with Crippen LogP contribution in [0.3, 0.4) is 0 Å². The van der Waals surface area contributed by atoms with Crippen molar-refractivity contribution in [3.05, 3.63) is 46.0 Å². The summed E-state index contributed by atoms with van der Waals surface area (Å²) in [6, 6.07) is 7.26. The van der Waals surface area contributed by atoms with Gasteiger partial charge in [-0.25, -0.2) is 5.43 Å². The molecule has 2 heterocycles. The molecule has 0 aliphatic heterocycles. The van der Waals surface area contributed by atoms with E-state index < -0.39 is 0 Å². The number of nitrogens with one attached hydrogen (secondary N) is 1. The number of furan rings is 1. The summed E-state index contributed by atoms with van der Waals surface area (Å²) < 4.78 is 4.96. The highest BCUT2D eigenvalue weighted by atomic mass is 32.1. The highest BCUT2D eigenvalue weighted by Crippen LogP contribution is 2.15. The van der Waals surface area contributed by atoms with Crippen LogP contribution in [-0.4, -0.2) is 11.6 Å². The van der Waals surface area contributed by atoms with E-state index in [1.54, 1.807) is 23.5 Å². The number of rotatable bonds is 3. The van der Waals surface area contributed by atoms with E-state index in [0.29, 0.717) is 0 Å². The molecule has 0 unspecified atom stereocenters. The van der Waals surface area contributed by atoms with E-state index in [9.17, 15) is 4.79 Å². The Labute approximate surface area is 103 Å². The van der Waals surface area contributed by atoms with Gasteiger partial charge in [-0.3, -0.25) is 4.79 Å². The van der Waals surface area contributed by atoms with Crippen LogP contribution in [0.5, 0.6) is 0 Å². The maximum atomic E-state index is 11.5. The Bertz CT molecular complexity index is 541. The van der Waals surface area contributed by atoms with Crippen LogP contribution in [0.2, 0.25) is 0 Å². The van der Waals surface area contributed by atoms with Gasteiger partial charge in [0.25, 0.3) is 0 Å². The van der Waals surface area contributed by atoms with Gasteiger partial charge in [0, 0.05) is 4.88 Å². The van der Waals surface area contributed by atoms with Crippen molar-refractivity contribution in [3.63, 3.8) is 0 Å². The number of hydrazone groups is 1. The molecule has 0 atom stereocenters. The lowest BCUT2D eigenvalue weighted by atomic mass is 10.3. The Kier molecular flexibility index (Phi) is 3.39. The molecule has 1 N–H and O–H groups in total. The van der Waals surface area contributed by atoms with E-state index in [2.05, 4.69) is 10.5 Å². The summed E-state index contributed by atoms with van der Waals surface area (Å²) in [7, 11) is 0. The van der Waals surface area contributed by atoms with Gasteiger partial charge in [-0.1, -0.05) is 0 Å². The fourth-order valence-electron chi connectivity index (χ4n) is 1.28. The topological polar surface area (TPSA) is 54.6 Å². The lowest BCUT2D eigenvalue weighted by Gasteiger charge is -1.98. The molecule has 0 aromatic carbocycles. The van der Waals surface area contributed by atoms with Crippen molar-refractivity contribution in [1.29, 1.82) is 0 Å². The molecule has 2 rings (SSSR count). The third-order valence-electron chi connectivity index (χ3n) is 2.17. The second-order valence-electron chi connectivity index (χ2n) is 3.53. The largest absolute Gasteiger partial charge is 0.459 e. The zero-order valence-corrected chi connectivity index (χ0v) is 10.4. The maximum Gasteiger partial charge on any atom is 0.307 e. The Morgan fingerprint density at radius 2 is 2.24 bits per heavy atom. The number of carbonyl (C=O) groups is 1. The molecular formula is C12H12N2O2S. The Balaban J connectivity index is 2.04. The van der Waals surface area contributed by atoms with Gasteiger partial charge >= 0.3 is 5.91 Å². The predicted octanol–water partition coefficient (Wildman–Crippen LogP) is 2.80. The molecule has 0 spiro atoms. The average molecular weight is 248 g/mol. The highest BCUT2D eigenvalue weighted by molar-refractivity contribution is 7.14. The first-order valence-corrected chi connectivity index (χ1v) is 5.93. The molecule has 17 heavy (non-hydrogen) atoms. The van der Waals surface area contributed by atoms with Crippen LogP contribution < -0.4 is 5.43 Å². The highest BCUT2D eigenvalue weighted by Gasteiger charge is 2.07. The van der Waals surface area contributed by atoms with Crippen LogP contribution in [0, 0.1) is 6.92 Å². The van der Waals surface area contributed by atoms with Crippen LogP contribution in [0.4, 0.5) is 0 Å². The molecule has 5 heteroatoms. The molecule has 2 aromatic heterocycles. The Morgan fingerprint density at radius 3 is 2.82 bits per heavy atom. The van der Waals surface area contributed by atoms with E-state index in [-0.39, 0.29) is 11.7 Å². The molecule has 0 bridgehead atoms. The van der Waals surface area contributed by atoms with E-state index >= 15 is 0 Å². The van der Waals surface area contributed by atoms with Gasteiger partial charge in [-0.05, 0) is 38.1 Å². The van der Waals surface area contributed by atoms with Crippen molar-refractivity contribution < 1.29 is 9.21 Å². The van der Waals surface area contributed by atoms with Crippen LogP contribution in [-0.2, 0) is 0 Å². The van der Waals surface area contributed by atoms with Gasteiger partial charge in [-0.15, -0.1) is 11.3 Å². The predicted molar refractivity (Wildman–Crippen MR) is 67.4 cm³/mol. The normalized spacial score (nSPS) is 11.5. The zero-order valence-electron chi connectivity index (χ0n) is 9.56. The number of amides is 1. The van der Waals surface area contributed by atoms with E-state index in [0.717, 1.165) is 10.6 Å². The Hall–Kier alpha value is -1.88. The molecule has 0 saturated carbocycles. The minimum atomic E-state index is -0.345. The van der Waals surface area contributed by atoms with Gasteiger partial charge in [-0.2, -0.15) is 5.10 Å². The van der Waals surface area contributed by atoms with Crippen molar-refractivity contribution in [2.45, 2.75) is 13.8 Å². The fourth-order valence-corrected chi connectivity index (χ4v) is 2.09. The van der Waals surface area contributed by atoms with Crippen LogP contribution in [0.15, 0.2) is 40.0 Å². The van der Waals surface area contributed by atoms with Crippen molar-refractivity contribution in [1.82, 2.24) is 5.43 Å². The third-order valence-corrected chi connectivity index (χ3v) is 3.28. The maximum absolute atomic E-state index is 11.5. The molecule has 88 valence electrons. The molecule has 1 amide bonds. The SMILES string of the molecule is CC(=NNC(=O)c1ccco1)c1ccc(C)s1. The molecule has 2 aromatic rings. The van der Waals surface area contributed by atoms with E-state index in [1.165, 1.54) is 11.1 Å². The summed E-state index contributed by atoms with van der Waals surface area (Å²) in [6.45, 7) is 3.89. The zero-order chi connectivity index (χ0) is 12.3. The molecule has 0 aliphatic rings. The summed E-state index contributed by atoms with van der Waals surface area (Å²) >= 11 is 1.64. The number of thiophene rings is 1. The summed E-state index contributed by atoms with van der Waals surface area (Å²) in [5.41, 5.74) is 3.24. The molecule has 4 nitrogen and oxygen atoms in total. The average Bonchev–Trinajstić information content (AvgIpc) is 2.95. The number of nitrogens with zero attached hydrogens (tertiary/aromatic N) is 1. The molecule has 0 saturated heterocycles. The van der Waals surface area contributed by atoms with Crippen molar-refractivity contribution in [2.24, 2.45) is 5.10 Å². The lowest BCUT2D eigenvalue weighted by Crippen LogP contribution is -2.18. The van der Waals surface area contributed by atoms with Gasteiger partial charge < -0.3 is 4.42 Å². The van der Waals surface area contributed by atoms with E-state index in [4.69, 9.17) is 4.42 Å². The van der Waals surface area contributed by atoms with Crippen LogP contribution in [0.1, 0.15) is 27.2 Å². The molecule has 0 fully saturated rings. The fraction of sp³-hybridized carbons (Fsp3) is 0.167. The summed E-state index contributed by atoms with van der Waals surface area (Å²) in [4.78, 5) is 13.8. The number of carbonyl (C=O) groups excluding carboxylic acids is 1. The number of hydrogen-bond donors (Lipinski definition) is 1. The summed E-state index contributed by atoms with van der Waals surface area (Å²) in [5, 5.41) is 4.03. The minimum Gasteiger partial charge on any atom is -0.459 e. The third kappa shape index (κ3) is 2.82. The lowest BCUT2D eigenvalue weighted by molar-refractivity contribution is 0.0927. The summed E-state index contributed by atoms with van der Waals surface area (Å²) in [6.07, 6.45) is 1.45. The first kappa shape index (κ1) is 11.6. The van der Waals surface area contributed by atoms with Crippen molar-refractivity contribution >= 4 is 23.0 Å². The molecular weight excluding hydrogens is 236 g/mol. The second kappa shape index (κ2) is 4.97.